The molecule has 0 radical (unpaired) electrons. The van der Waals surface area contributed by atoms with Crippen LogP contribution in [0.2, 0.25) is 5.02 Å². The fourth-order valence-electron chi connectivity index (χ4n) is 3.01. The van der Waals surface area contributed by atoms with Gasteiger partial charge < -0.3 is 5.32 Å². The molecule has 26 heavy (non-hydrogen) atoms. The van der Waals surface area contributed by atoms with Crippen molar-refractivity contribution in [3.8, 4) is 0 Å². The summed E-state index contributed by atoms with van der Waals surface area (Å²) in [5.41, 5.74) is 2.40. The highest BCUT2D eigenvalue weighted by molar-refractivity contribution is 7.87. The number of benzene rings is 2. The number of nitrogens with one attached hydrogen (secondary N) is 3. The van der Waals surface area contributed by atoms with Gasteiger partial charge in [0.25, 0.3) is 16.1 Å². The van der Waals surface area contributed by atoms with Crippen molar-refractivity contribution in [3.63, 3.8) is 0 Å². The van der Waals surface area contributed by atoms with E-state index >= 15 is 0 Å². The summed E-state index contributed by atoms with van der Waals surface area (Å²) in [7, 11) is -2.26. The van der Waals surface area contributed by atoms with E-state index in [1.54, 1.807) is 18.2 Å². The number of rotatable bonds is 5. The van der Waals surface area contributed by atoms with E-state index in [1.807, 2.05) is 0 Å². The van der Waals surface area contributed by atoms with Gasteiger partial charge >= 0.3 is 0 Å². The molecule has 0 unspecified atom stereocenters. The largest absolute Gasteiger partial charge is 0.322 e. The zero-order chi connectivity index (χ0) is 18.9. The minimum absolute atomic E-state index is 0.0809. The fourth-order valence-corrected chi connectivity index (χ4v) is 3.93. The molecule has 1 amide bonds. The van der Waals surface area contributed by atoms with E-state index in [2.05, 4.69) is 14.8 Å². The van der Waals surface area contributed by atoms with Crippen molar-refractivity contribution in [1.82, 2.24) is 9.44 Å². The number of halogens is 2. The molecule has 0 aliphatic heterocycles. The zero-order valence-electron chi connectivity index (χ0n) is 13.8. The molecule has 0 saturated carbocycles. The molecule has 0 heterocycles. The van der Waals surface area contributed by atoms with Gasteiger partial charge in [-0.25, -0.2) is 9.11 Å². The third-order valence-corrected chi connectivity index (χ3v) is 5.68. The predicted molar refractivity (Wildman–Crippen MR) is 98.0 cm³/mol. The van der Waals surface area contributed by atoms with Crippen LogP contribution in [0.3, 0.4) is 0 Å². The zero-order valence-corrected chi connectivity index (χ0v) is 15.4. The van der Waals surface area contributed by atoms with Crippen molar-refractivity contribution in [3.05, 3.63) is 63.9 Å². The lowest BCUT2D eigenvalue weighted by Crippen LogP contribution is -2.36. The normalized spacial score (nSPS) is 16.3. The second-order valence-electron chi connectivity index (χ2n) is 5.87. The van der Waals surface area contributed by atoms with Gasteiger partial charge in [0.1, 0.15) is 5.82 Å². The Morgan fingerprint density at radius 1 is 1.27 bits per heavy atom. The smallest absolute Gasteiger partial charge is 0.277 e. The molecule has 6 nitrogen and oxygen atoms in total. The second-order valence-corrected chi connectivity index (χ2v) is 7.93. The highest BCUT2D eigenvalue weighted by Crippen LogP contribution is 2.34. The summed E-state index contributed by atoms with van der Waals surface area (Å²) in [6.45, 7) is 0. The molecule has 1 aliphatic carbocycles. The first-order valence-electron chi connectivity index (χ1n) is 7.89. The van der Waals surface area contributed by atoms with Crippen LogP contribution in [0, 0.1) is 5.82 Å². The predicted octanol–water partition coefficient (Wildman–Crippen LogP) is 2.77. The number of carbonyl (C=O) groups is 1. The summed E-state index contributed by atoms with van der Waals surface area (Å²) in [5.74, 6) is -0.924. The van der Waals surface area contributed by atoms with Gasteiger partial charge in [0.15, 0.2) is 0 Å². The van der Waals surface area contributed by atoms with E-state index in [1.165, 1.54) is 25.2 Å². The average Bonchev–Trinajstić information content (AvgIpc) is 3.00. The molecule has 0 aromatic heterocycles. The SMILES string of the molecule is CNS(=O)(=O)N[C@H]1CCc2c(C(=O)Nc3ccc(F)c(Cl)c3)cccc21. The van der Waals surface area contributed by atoms with Gasteiger partial charge in [-0.1, -0.05) is 23.7 Å². The van der Waals surface area contributed by atoms with E-state index in [0.29, 0.717) is 24.1 Å². The monoisotopic (exact) mass is 397 g/mol. The second kappa shape index (κ2) is 7.32. The summed E-state index contributed by atoms with van der Waals surface area (Å²) in [5, 5.41) is 2.61. The summed E-state index contributed by atoms with van der Waals surface area (Å²) in [6, 6.07) is 8.72. The van der Waals surface area contributed by atoms with E-state index in [0.717, 1.165) is 11.1 Å². The molecule has 2 aromatic carbocycles. The van der Waals surface area contributed by atoms with Crippen LogP contribution in [0.4, 0.5) is 10.1 Å². The molecule has 3 rings (SSSR count). The highest BCUT2D eigenvalue weighted by Gasteiger charge is 2.29. The van der Waals surface area contributed by atoms with Gasteiger partial charge in [-0.05, 0) is 48.2 Å². The van der Waals surface area contributed by atoms with Crippen molar-refractivity contribution in [2.75, 3.05) is 12.4 Å². The van der Waals surface area contributed by atoms with E-state index in [4.69, 9.17) is 11.6 Å². The average molecular weight is 398 g/mol. The lowest BCUT2D eigenvalue weighted by Gasteiger charge is -2.14. The van der Waals surface area contributed by atoms with Gasteiger partial charge in [-0.3, -0.25) is 4.79 Å². The number of hydrogen-bond acceptors (Lipinski definition) is 3. The number of hydrogen-bond donors (Lipinski definition) is 3. The molecule has 1 aliphatic rings. The van der Waals surface area contributed by atoms with Crippen molar-refractivity contribution >= 4 is 33.4 Å². The van der Waals surface area contributed by atoms with Gasteiger partial charge in [-0.15, -0.1) is 0 Å². The van der Waals surface area contributed by atoms with Gasteiger partial charge in [0.2, 0.25) is 0 Å². The Labute approximate surface area is 155 Å². The standard InChI is InChI=1S/C17H17ClFN3O3S/c1-20-26(24,25)22-16-8-6-11-12(16)3-2-4-13(11)17(23)21-10-5-7-15(19)14(18)9-10/h2-5,7,9,16,20,22H,6,8H2,1H3,(H,21,23)/t16-/m0/s1. The highest BCUT2D eigenvalue weighted by atomic mass is 35.5. The Hall–Kier alpha value is -2.00. The molecule has 1 atom stereocenters. The summed E-state index contributed by atoms with van der Waals surface area (Å²) in [6.07, 6.45) is 1.13. The quantitative estimate of drug-likeness (QED) is 0.725. The molecule has 0 bridgehead atoms. The minimum atomic E-state index is -3.59. The third-order valence-electron chi connectivity index (χ3n) is 4.26. The topological polar surface area (TPSA) is 87.3 Å². The molecule has 2 aromatic rings. The molecule has 9 heteroatoms. The Morgan fingerprint density at radius 3 is 2.73 bits per heavy atom. The first-order chi connectivity index (χ1) is 12.3. The van der Waals surface area contributed by atoms with E-state index < -0.39 is 22.1 Å². The van der Waals surface area contributed by atoms with Crippen LogP contribution in [0.5, 0.6) is 0 Å². The molecule has 0 saturated heterocycles. The third kappa shape index (κ3) is 3.88. The van der Waals surface area contributed by atoms with Crippen LogP contribution in [0.25, 0.3) is 0 Å². The maximum Gasteiger partial charge on any atom is 0.277 e. The molecule has 138 valence electrons. The molecule has 0 fully saturated rings. The Bertz CT molecular complexity index is 966. The summed E-state index contributed by atoms with van der Waals surface area (Å²) < 4.78 is 41.5. The Morgan fingerprint density at radius 2 is 2.04 bits per heavy atom. The van der Waals surface area contributed by atoms with Crippen LogP contribution in [-0.4, -0.2) is 21.4 Å². The minimum Gasteiger partial charge on any atom is -0.322 e. The summed E-state index contributed by atoms with van der Waals surface area (Å²) >= 11 is 5.73. The lowest BCUT2D eigenvalue weighted by molar-refractivity contribution is 0.102. The van der Waals surface area contributed by atoms with Crippen LogP contribution in [0.1, 0.15) is 33.9 Å². The fraction of sp³-hybridized carbons (Fsp3) is 0.235. The number of anilines is 1. The lowest BCUT2D eigenvalue weighted by atomic mass is 10.0. The number of fused-ring (bicyclic) bond motifs is 1. The molecular formula is C17H17ClFN3O3S. The maximum atomic E-state index is 13.2. The first kappa shape index (κ1) is 18.8. The Kier molecular flexibility index (Phi) is 5.29. The molecule has 0 spiro atoms. The van der Waals surface area contributed by atoms with Crippen molar-refractivity contribution in [2.45, 2.75) is 18.9 Å². The van der Waals surface area contributed by atoms with E-state index in [9.17, 15) is 17.6 Å². The van der Waals surface area contributed by atoms with Crippen molar-refractivity contribution in [2.24, 2.45) is 0 Å². The first-order valence-corrected chi connectivity index (χ1v) is 9.76. The van der Waals surface area contributed by atoms with Gasteiger partial charge in [0.05, 0.1) is 5.02 Å². The summed E-state index contributed by atoms with van der Waals surface area (Å²) in [4.78, 5) is 12.6. The van der Waals surface area contributed by atoms with Crippen molar-refractivity contribution in [1.29, 1.82) is 0 Å². The maximum absolute atomic E-state index is 13.2. The van der Waals surface area contributed by atoms with Crippen LogP contribution in [0.15, 0.2) is 36.4 Å². The van der Waals surface area contributed by atoms with Crippen LogP contribution >= 0.6 is 11.6 Å². The number of carbonyl (C=O) groups excluding carboxylic acids is 1. The van der Waals surface area contributed by atoms with E-state index in [-0.39, 0.29) is 10.9 Å². The van der Waals surface area contributed by atoms with Gasteiger partial charge in [0, 0.05) is 24.3 Å². The Balaban J connectivity index is 1.85. The van der Waals surface area contributed by atoms with Gasteiger partial charge in [-0.2, -0.15) is 13.1 Å². The molecule has 3 N–H and O–H groups in total. The van der Waals surface area contributed by atoms with Crippen LogP contribution < -0.4 is 14.8 Å². The number of amides is 1. The molecular weight excluding hydrogens is 381 g/mol. The van der Waals surface area contributed by atoms with Crippen molar-refractivity contribution < 1.29 is 17.6 Å². The van der Waals surface area contributed by atoms with Crippen LogP contribution in [-0.2, 0) is 16.6 Å².